The Labute approximate surface area is 88.9 Å². The molecule has 0 aromatic carbocycles. The summed E-state index contributed by atoms with van der Waals surface area (Å²) in [6, 6.07) is 0. The van der Waals surface area contributed by atoms with E-state index in [4.69, 9.17) is 19.9 Å². The first-order valence-corrected chi connectivity index (χ1v) is 5.43. The Morgan fingerprint density at radius 2 is 2.27 bits per heavy atom. The van der Waals surface area contributed by atoms with Gasteiger partial charge in [-0.25, -0.2) is 4.79 Å². The molecule has 2 aliphatic heterocycles. The molecule has 5 nitrogen and oxygen atoms in total. The third kappa shape index (κ3) is 2.68. The van der Waals surface area contributed by atoms with Crippen LogP contribution in [0.4, 0.5) is 0 Å². The predicted molar refractivity (Wildman–Crippen MR) is 52.3 cm³/mol. The van der Waals surface area contributed by atoms with Gasteiger partial charge in [0.05, 0.1) is 19.3 Å². The first-order valence-electron chi connectivity index (χ1n) is 5.43. The van der Waals surface area contributed by atoms with Crippen LogP contribution < -0.4 is 5.73 Å². The summed E-state index contributed by atoms with van der Waals surface area (Å²) in [7, 11) is 0. The lowest BCUT2D eigenvalue weighted by molar-refractivity contribution is -0.161. The molecule has 0 aromatic rings. The van der Waals surface area contributed by atoms with E-state index < -0.39 is 6.10 Å². The topological polar surface area (TPSA) is 70.8 Å². The van der Waals surface area contributed by atoms with Crippen molar-refractivity contribution >= 4 is 5.97 Å². The average Bonchev–Trinajstić information content (AvgIpc) is 2.86. The molecule has 2 aliphatic rings. The Bertz CT molecular complexity index is 227. The van der Waals surface area contributed by atoms with Gasteiger partial charge in [0.25, 0.3) is 0 Å². The number of ether oxygens (including phenoxy) is 3. The molecule has 2 fully saturated rings. The molecule has 0 aliphatic carbocycles. The maximum Gasteiger partial charge on any atom is 0.335 e. The van der Waals surface area contributed by atoms with E-state index in [1.807, 2.05) is 0 Å². The molecule has 2 heterocycles. The van der Waals surface area contributed by atoms with Gasteiger partial charge in [0, 0.05) is 13.0 Å². The highest BCUT2D eigenvalue weighted by molar-refractivity contribution is 5.75. The second kappa shape index (κ2) is 4.92. The van der Waals surface area contributed by atoms with E-state index in [0.717, 1.165) is 12.8 Å². The van der Waals surface area contributed by atoms with Gasteiger partial charge in [-0.3, -0.25) is 0 Å². The van der Waals surface area contributed by atoms with E-state index in [9.17, 15) is 4.79 Å². The van der Waals surface area contributed by atoms with Gasteiger partial charge in [-0.15, -0.1) is 0 Å². The maximum absolute atomic E-state index is 11.6. The molecule has 86 valence electrons. The van der Waals surface area contributed by atoms with Crippen molar-refractivity contribution in [2.75, 3.05) is 19.8 Å². The molecule has 0 spiro atoms. The largest absolute Gasteiger partial charge is 0.458 e. The third-order valence-corrected chi connectivity index (χ3v) is 2.80. The molecule has 3 unspecified atom stereocenters. The van der Waals surface area contributed by atoms with Gasteiger partial charge in [0.1, 0.15) is 6.10 Å². The van der Waals surface area contributed by atoms with E-state index >= 15 is 0 Å². The van der Waals surface area contributed by atoms with Crippen LogP contribution in [0.5, 0.6) is 0 Å². The molecule has 0 saturated carbocycles. The van der Waals surface area contributed by atoms with E-state index in [0.29, 0.717) is 26.2 Å². The highest BCUT2D eigenvalue weighted by atomic mass is 16.6. The van der Waals surface area contributed by atoms with Crippen molar-refractivity contribution in [3.8, 4) is 0 Å². The van der Waals surface area contributed by atoms with Gasteiger partial charge < -0.3 is 19.9 Å². The minimum atomic E-state index is -0.417. The van der Waals surface area contributed by atoms with E-state index in [1.54, 1.807) is 0 Å². The lowest BCUT2D eigenvalue weighted by atomic mass is 10.2. The van der Waals surface area contributed by atoms with Crippen molar-refractivity contribution in [3.63, 3.8) is 0 Å². The second-order valence-electron chi connectivity index (χ2n) is 3.98. The number of hydrogen-bond acceptors (Lipinski definition) is 5. The molecule has 3 atom stereocenters. The molecule has 0 radical (unpaired) electrons. The fourth-order valence-corrected chi connectivity index (χ4v) is 1.90. The maximum atomic E-state index is 11.6. The van der Waals surface area contributed by atoms with Crippen LogP contribution in [0.1, 0.15) is 19.3 Å². The number of hydrogen-bond donors (Lipinski definition) is 1. The Morgan fingerprint density at radius 1 is 1.40 bits per heavy atom. The van der Waals surface area contributed by atoms with Gasteiger partial charge >= 0.3 is 5.97 Å². The molecule has 2 saturated heterocycles. The van der Waals surface area contributed by atoms with Crippen LogP contribution in [-0.4, -0.2) is 44.0 Å². The van der Waals surface area contributed by atoms with Crippen LogP contribution in [0.15, 0.2) is 0 Å². The smallest absolute Gasteiger partial charge is 0.335 e. The number of carbonyl (C=O) groups is 1. The zero-order valence-corrected chi connectivity index (χ0v) is 8.69. The number of rotatable bonds is 3. The van der Waals surface area contributed by atoms with Gasteiger partial charge in [0.15, 0.2) is 6.10 Å². The molecular formula is C10H17NO4. The number of carbonyl (C=O) groups excluding carboxylic acids is 1. The lowest BCUT2D eigenvalue weighted by Crippen LogP contribution is -2.30. The molecular weight excluding hydrogens is 198 g/mol. The average molecular weight is 215 g/mol. The van der Waals surface area contributed by atoms with Crippen LogP contribution in [0.25, 0.3) is 0 Å². The van der Waals surface area contributed by atoms with Crippen LogP contribution in [0.2, 0.25) is 0 Å². The summed E-state index contributed by atoms with van der Waals surface area (Å²) < 4.78 is 15.8. The fourth-order valence-electron chi connectivity index (χ4n) is 1.90. The van der Waals surface area contributed by atoms with Crippen molar-refractivity contribution in [1.82, 2.24) is 0 Å². The quantitative estimate of drug-likeness (QED) is 0.661. The Kier molecular flexibility index (Phi) is 3.56. The van der Waals surface area contributed by atoms with Gasteiger partial charge in [0.2, 0.25) is 0 Å². The summed E-state index contributed by atoms with van der Waals surface area (Å²) in [5.41, 5.74) is 5.46. The van der Waals surface area contributed by atoms with Crippen LogP contribution in [0, 0.1) is 0 Å². The second-order valence-corrected chi connectivity index (χ2v) is 3.98. The van der Waals surface area contributed by atoms with Crippen molar-refractivity contribution in [2.45, 2.75) is 37.6 Å². The standard InChI is InChI=1S/C10H17NO4/c11-5-7-1-2-9(14-7)10(12)15-8-3-4-13-6-8/h7-9H,1-6,11H2. The number of esters is 1. The normalized spacial score (nSPS) is 35.7. The summed E-state index contributed by atoms with van der Waals surface area (Å²) in [5.74, 6) is -0.263. The molecule has 2 rings (SSSR count). The molecule has 2 N–H and O–H groups in total. The fraction of sp³-hybridized carbons (Fsp3) is 0.900. The summed E-state index contributed by atoms with van der Waals surface area (Å²) >= 11 is 0. The molecule has 0 aromatic heterocycles. The minimum absolute atomic E-state index is 0.0161. The summed E-state index contributed by atoms with van der Waals surface area (Å²) in [5, 5.41) is 0. The van der Waals surface area contributed by atoms with Crippen molar-refractivity contribution in [1.29, 1.82) is 0 Å². The van der Waals surface area contributed by atoms with E-state index in [1.165, 1.54) is 0 Å². The van der Waals surface area contributed by atoms with E-state index in [-0.39, 0.29) is 18.2 Å². The van der Waals surface area contributed by atoms with Gasteiger partial charge in [-0.2, -0.15) is 0 Å². The SMILES string of the molecule is NCC1CCC(C(=O)OC2CCOC2)O1. The molecule has 0 bridgehead atoms. The highest BCUT2D eigenvalue weighted by Gasteiger charge is 2.33. The number of nitrogens with two attached hydrogens (primary N) is 1. The predicted octanol–water partition coefficient (Wildman–Crippen LogP) is -0.175. The first-order chi connectivity index (χ1) is 7.29. The lowest BCUT2D eigenvalue weighted by Gasteiger charge is -2.14. The molecule has 15 heavy (non-hydrogen) atoms. The third-order valence-electron chi connectivity index (χ3n) is 2.80. The Hall–Kier alpha value is -0.650. The minimum Gasteiger partial charge on any atom is -0.458 e. The van der Waals surface area contributed by atoms with E-state index in [2.05, 4.69) is 0 Å². The molecule has 5 heteroatoms. The summed E-state index contributed by atoms with van der Waals surface area (Å²) in [6.07, 6.45) is 1.87. The highest BCUT2D eigenvalue weighted by Crippen LogP contribution is 2.21. The summed E-state index contributed by atoms with van der Waals surface area (Å²) in [4.78, 5) is 11.6. The zero-order valence-electron chi connectivity index (χ0n) is 8.69. The van der Waals surface area contributed by atoms with Crippen LogP contribution in [0.3, 0.4) is 0 Å². The van der Waals surface area contributed by atoms with Crippen LogP contribution >= 0.6 is 0 Å². The Morgan fingerprint density at radius 3 is 2.87 bits per heavy atom. The van der Waals surface area contributed by atoms with Crippen molar-refractivity contribution < 1.29 is 19.0 Å². The van der Waals surface area contributed by atoms with Gasteiger partial charge in [-0.05, 0) is 12.8 Å². The van der Waals surface area contributed by atoms with Crippen molar-refractivity contribution in [3.05, 3.63) is 0 Å². The Balaban J connectivity index is 1.76. The van der Waals surface area contributed by atoms with Crippen LogP contribution in [-0.2, 0) is 19.0 Å². The van der Waals surface area contributed by atoms with Gasteiger partial charge in [-0.1, -0.05) is 0 Å². The monoisotopic (exact) mass is 215 g/mol. The zero-order chi connectivity index (χ0) is 10.7. The van der Waals surface area contributed by atoms with Crippen molar-refractivity contribution in [2.24, 2.45) is 5.73 Å². The molecule has 0 amide bonds. The first kappa shape index (κ1) is 10.9. The summed E-state index contributed by atoms with van der Waals surface area (Å²) in [6.45, 7) is 1.66.